The normalized spacial score (nSPS) is 11.6. The van der Waals surface area contributed by atoms with Crippen molar-refractivity contribution in [2.24, 2.45) is 0 Å². The minimum absolute atomic E-state index is 0. The van der Waals surface area contributed by atoms with Crippen molar-refractivity contribution < 1.29 is 43.1 Å². The Morgan fingerprint density at radius 3 is 2.50 bits per heavy atom. The summed E-state index contributed by atoms with van der Waals surface area (Å²) < 4.78 is 21.1. The molecule has 0 N–H and O–H groups in total. The fourth-order valence-corrected chi connectivity index (χ4v) is 1.52. The Morgan fingerprint density at radius 2 is 2.07 bits per heavy atom. The van der Waals surface area contributed by atoms with Gasteiger partial charge in [0.2, 0.25) is 0 Å². The second kappa shape index (κ2) is 6.00. The summed E-state index contributed by atoms with van der Waals surface area (Å²) in [7, 11) is 0. The number of hydrogen-bond acceptors (Lipinski definition) is 3. The van der Waals surface area contributed by atoms with Crippen LogP contribution >= 0.6 is 11.6 Å². The van der Waals surface area contributed by atoms with Crippen molar-refractivity contribution in [1.82, 2.24) is 0 Å². The summed E-state index contributed by atoms with van der Waals surface area (Å²) in [6.07, 6.45) is 0. The first-order valence-electron chi connectivity index (χ1n) is 3.42. The first-order chi connectivity index (χ1) is 6.02. The Labute approximate surface area is 111 Å². The van der Waals surface area contributed by atoms with Crippen LogP contribution < -0.4 is 29.6 Å². The number of carbonyl (C=O) groups is 1. The number of benzene rings is 1. The van der Waals surface area contributed by atoms with E-state index in [-0.39, 0.29) is 50.8 Å². The van der Waals surface area contributed by atoms with E-state index in [1.165, 1.54) is 25.1 Å². The van der Waals surface area contributed by atoms with Gasteiger partial charge in [0.25, 0.3) is 0 Å². The number of halogens is 1. The van der Waals surface area contributed by atoms with E-state index in [2.05, 4.69) is 0 Å². The molecule has 1 aromatic carbocycles. The van der Waals surface area contributed by atoms with Crippen LogP contribution in [0.15, 0.2) is 23.1 Å². The van der Waals surface area contributed by atoms with Gasteiger partial charge in [-0.2, -0.15) is 0 Å². The van der Waals surface area contributed by atoms with Gasteiger partial charge < -0.3 is 4.55 Å². The number of ketones is 1. The van der Waals surface area contributed by atoms with Crippen molar-refractivity contribution in [3.05, 3.63) is 28.8 Å². The van der Waals surface area contributed by atoms with Gasteiger partial charge in [-0.05, 0) is 36.2 Å². The molecule has 0 aliphatic carbocycles. The Bertz CT molecular complexity index is 381. The summed E-state index contributed by atoms with van der Waals surface area (Å²) in [5, 5.41) is 0.265. The molecule has 6 heteroatoms. The summed E-state index contributed by atoms with van der Waals surface area (Å²) in [5.41, 5.74) is 0.225. The maximum absolute atomic E-state index is 11.0. The average Bonchev–Trinajstić information content (AvgIpc) is 2.04. The molecule has 14 heavy (non-hydrogen) atoms. The van der Waals surface area contributed by atoms with Crippen LogP contribution in [-0.2, 0) is 11.1 Å². The smallest absolute Gasteiger partial charge is 0.768 e. The molecule has 70 valence electrons. The molecule has 1 aromatic rings. The minimum atomic E-state index is -2.32. The first-order valence-corrected chi connectivity index (χ1v) is 4.87. The Balaban J connectivity index is 0.00000169. The SMILES string of the molecule is CC(=O)c1cc(S(=O)[O-])ccc1Cl.[Na+]. The number of carbonyl (C=O) groups excluding carboxylic acids is 1. The van der Waals surface area contributed by atoms with Gasteiger partial charge >= 0.3 is 29.6 Å². The van der Waals surface area contributed by atoms with Gasteiger partial charge in [-0.15, -0.1) is 0 Å². The molecule has 0 saturated heterocycles. The fraction of sp³-hybridized carbons (Fsp3) is 0.125. The van der Waals surface area contributed by atoms with E-state index in [0.29, 0.717) is 0 Å². The van der Waals surface area contributed by atoms with E-state index in [0.717, 1.165) is 0 Å². The summed E-state index contributed by atoms with van der Waals surface area (Å²) in [6.45, 7) is 1.33. The van der Waals surface area contributed by atoms with Crippen LogP contribution in [0, 0.1) is 0 Å². The van der Waals surface area contributed by atoms with Crippen LogP contribution in [0.2, 0.25) is 5.02 Å². The molecule has 1 unspecified atom stereocenters. The quantitative estimate of drug-likeness (QED) is 0.370. The molecule has 0 bridgehead atoms. The molecule has 1 atom stereocenters. The van der Waals surface area contributed by atoms with Gasteiger partial charge in [0, 0.05) is 10.5 Å². The molecule has 0 aromatic heterocycles. The van der Waals surface area contributed by atoms with Gasteiger partial charge in [0.1, 0.15) is 0 Å². The molecule has 3 nitrogen and oxygen atoms in total. The monoisotopic (exact) mass is 240 g/mol. The van der Waals surface area contributed by atoms with Gasteiger partial charge in [0.15, 0.2) is 5.78 Å². The Kier molecular flexibility index (Phi) is 6.12. The predicted molar refractivity (Wildman–Crippen MR) is 48.6 cm³/mol. The van der Waals surface area contributed by atoms with Crippen molar-refractivity contribution in [2.45, 2.75) is 11.8 Å². The average molecular weight is 241 g/mol. The molecule has 0 aliphatic rings. The molecule has 0 fully saturated rings. The van der Waals surface area contributed by atoms with Crippen molar-refractivity contribution in [3.8, 4) is 0 Å². The zero-order valence-corrected chi connectivity index (χ0v) is 11.3. The molecule has 0 saturated carbocycles. The van der Waals surface area contributed by atoms with Gasteiger partial charge in [-0.1, -0.05) is 11.6 Å². The maximum atomic E-state index is 11.0. The zero-order valence-electron chi connectivity index (χ0n) is 7.74. The van der Waals surface area contributed by atoms with Gasteiger partial charge in [-0.25, -0.2) is 0 Å². The predicted octanol–water partition coefficient (Wildman–Crippen LogP) is -1.22. The van der Waals surface area contributed by atoms with Crippen LogP contribution in [0.4, 0.5) is 0 Å². The van der Waals surface area contributed by atoms with Crippen LogP contribution in [0.5, 0.6) is 0 Å². The maximum Gasteiger partial charge on any atom is 1.00 e. The third-order valence-corrected chi connectivity index (χ3v) is 2.48. The van der Waals surface area contributed by atoms with E-state index >= 15 is 0 Å². The fourth-order valence-electron chi connectivity index (χ4n) is 0.878. The van der Waals surface area contributed by atoms with Crippen molar-refractivity contribution in [3.63, 3.8) is 0 Å². The van der Waals surface area contributed by atoms with E-state index in [9.17, 15) is 13.6 Å². The molecular weight excluding hydrogens is 235 g/mol. The number of rotatable bonds is 2. The van der Waals surface area contributed by atoms with Crippen LogP contribution in [0.25, 0.3) is 0 Å². The molecular formula is C8H6ClNaO3S. The molecule has 1 rings (SSSR count). The topological polar surface area (TPSA) is 57.2 Å². The third-order valence-electron chi connectivity index (χ3n) is 1.51. The van der Waals surface area contributed by atoms with Gasteiger partial charge in [-0.3, -0.25) is 9.00 Å². The molecule has 0 aliphatic heterocycles. The van der Waals surface area contributed by atoms with Crippen LogP contribution in [0.1, 0.15) is 17.3 Å². The van der Waals surface area contributed by atoms with E-state index < -0.39 is 11.1 Å². The molecule has 0 spiro atoms. The van der Waals surface area contributed by atoms with E-state index in [1.54, 1.807) is 0 Å². The van der Waals surface area contributed by atoms with E-state index in [1.807, 2.05) is 0 Å². The van der Waals surface area contributed by atoms with Crippen LogP contribution in [-0.4, -0.2) is 14.5 Å². The van der Waals surface area contributed by atoms with Gasteiger partial charge in [0.05, 0.1) is 5.02 Å². The summed E-state index contributed by atoms with van der Waals surface area (Å²) in [6, 6.07) is 4.00. The zero-order chi connectivity index (χ0) is 10.0. The molecule has 0 amide bonds. The standard InChI is InChI=1S/C8H7ClO3S.Na/c1-5(10)7-4-6(13(11)12)2-3-8(7)9;/h2-4H,1H3,(H,11,12);/q;+1/p-1. The summed E-state index contributed by atoms with van der Waals surface area (Å²) >= 11 is 3.35. The Morgan fingerprint density at radius 1 is 1.50 bits per heavy atom. The summed E-state index contributed by atoms with van der Waals surface area (Å²) in [5.74, 6) is -0.252. The largest absolute Gasteiger partial charge is 1.00 e. The molecule has 0 heterocycles. The second-order valence-electron chi connectivity index (χ2n) is 2.43. The van der Waals surface area contributed by atoms with Crippen molar-refractivity contribution >= 4 is 28.5 Å². The second-order valence-corrected chi connectivity index (χ2v) is 3.78. The van der Waals surface area contributed by atoms with Crippen LogP contribution in [0.3, 0.4) is 0 Å². The van der Waals surface area contributed by atoms with Crippen molar-refractivity contribution in [1.29, 1.82) is 0 Å². The first kappa shape index (κ1) is 14.3. The third kappa shape index (κ3) is 3.46. The van der Waals surface area contributed by atoms with Crippen molar-refractivity contribution in [2.75, 3.05) is 0 Å². The number of Topliss-reactive ketones (excluding diaryl/α,β-unsaturated/α-hetero) is 1. The number of hydrogen-bond donors (Lipinski definition) is 0. The summed E-state index contributed by atoms with van der Waals surface area (Å²) in [4.78, 5) is 11.0. The molecule has 0 radical (unpaired) electrons. The Hall–Kier alpha value is 0.290. The minimum Gasteiger partial charge on any atom is -0.768 e. The van der Waals surface area contributed by atoms with E-state index in [4.69, 9.17) is 11.6 Å².